The Morgan fingerprint density at radius 1 is 1.03 bits per heavy atom. The third kappa shape index (κ3) is 4.37. The van der Waals surface area contributed by atoms with Gasteiger partial charge in [0, 0.05) is 43.1 Å². The molecule has 1 unspecified atom stereocenters. The highest BCUT2D eigenvalue weighted by atomic mass is 35.5. The first-order valence-electron chi connectivity index (χ1n) is 10.8. The lowest BCUT2D eigenvalue weighted by Crippen LogP contribution is -2.45. The number of benzene rings is 1. The number of fused-ring (bicyclic) bond motifs is 1. The molecule has 0 N–H and O–H groups in total. The molecule has 1 fully saturated rings. The van der Waals surface area contributed by atoms with Crippen molar-refractivity contribution >= 4 is 17.4 Å². The number of allylic oxidation sites excluding steroid dienone is 2. The number of likely N-dealkylation sites (tertiary alicyclic amines) is 1. The molecule has 0 bridgehead atoms. The van der Waals surface area contributed by atoms with Crippen LogP contribution in [0.4, 0.5) is 0 Å². The monoisotopic (exact) mass is 425 g/mol. The second kappa shape index (κ2) is 8.78. The molecule has 1 saturated heterocycles. The van der Waals surface area contributed by atoms with Crippen molar-refractivity contribution in [2.75, 3.05) is 39.3 Å². The summed E-state index contributed by atoms with van der Waals surface area (Å²) in [5.74, 6) is 3.54. The summed E-state index contributed by atoms with van der Waals surface area (Å²) >= 11 is 6.10. The van der Waals surface area contributed by atoms with E-state index in [1.165, 1.54) is 18.7 Å². The van der Waals surface area contributed by atoms with Crippen molar-refractivity contribution in [3.05, 3.63) is 66.0 Å². The van der Waals surface area contributed by atoms with Crippen LogP contribution in [0.15, 0.2) is 61.0 Å². The molecular formula is C24H28ClN3O2. The zero-order valence-corrected chi connectivity index (χ0v) is 17.9. The van der Waals surface area contributed by atoms with E-state index in [0.29, 0.717) is 11.6 Å². The molecule has 6 heteroatoms. The lowest BCUT2D eigenvalue weighted by molar-refractivity contribution is 0.0462. The third-order valence-corrected chi connectivity index (χ3v) is 6.41. The van der Waals surface area contributed by atoms with Crippen molar-refractivity contribution in [3.8, 4) is 11.5 Å². The van der Waals surface area contributed by atoms with Crippen molar-refractivity contribution in [3.63, 3.8) is 0 Å². The van der Waals surface area contributed by atoms with Crippen molar-refractivity contribution < 1.29 is 9.47 Å². The van der Waals surface area contributed by atoms with Gasteiger partial charge in [0.2, 0.25) is 0 Å². The van der Waals surface area contributed by atoms with Gasteiger partial charge in [-0.15, -0.1) is 0 Å². The molecule has 0 radical (unpaired) electrons. The van der Waals surface area contributed by atoms with Gasteiger partial charge in [0.05, 0.1) is 0 Å². The first kappa shape index (κ1) is 19.6. The van der Waals surface area contributed by atoms with Gasteiger partial charge in [-0.1, -0.05) is 23.8 Å². The summed E-state index contributed by atoms with van der Waals surface area (Å²) in [5, 5.41) is 0.680. The Balaban J connectivity index is 1.12. The summed E-state index contributed by atoms with van der Waals surface area (Å²) in [5.41, 5.74) is 0. The van der Waals surface area contributed by atoms with E-state index in [0.717, 1.165) is 50.1 Å². The van der Waals surface area contributed by atoms with Crippen LogP contribution in [-0.4, -0.2) is 59.8 Å². The fraction of sp³-hybridized carbons (Fsp3) is 0.417. The second-order valence-electron chi connectivity index (χ2n) is 8.33. The molecule has 0 saturated carbocycles. The molecule has 0 aliphatic carbocycles. The van der Waals surface area contributed by atoms with E-state index in [1.54, 1.807) is 0 Å². The molecule has 30 heavy (non-hydrogen) atoms. The molecule has 5 rings (SSSR count). The van der Waals surface area contributed by atoms with E-state index in [-0.39, 0.29) is 6.10 Å². The van der Waals surface area contributed by atoms with Crippen LogP contribution < -0.4 is 9.47 Å². The van der Waals surface area contributed by atoms with Crippen LogP contribution >= 0.6 is 11.6 Å². The molecule has 1 atom stereocenters. The van der Waals surface area contributed by atoms with Gasteiger partial charge in [-0.3, -0.25) is 4.90 Å². The van der Waals surface area contributed by atoms with E-state index in [1.807, 2.05) is 18.2 Å². The summed E-state index contributed by atoms with van der Waals surface area (Å²) in [7, 11) is 0. The Morgan fingerprint density at radius 2 is 1.87 bits per heavy atom. The number of hydrogen-bond acceptors (Lipinski definition) is 4. The highest BCUT2D eigenvalue weighted by Crippen LogP contribution is 2.34. The number of halogens is 1. The Bertz CT molecular complexity index is 917. The van der Waals surface area contributed by atoms with Crippen molar-refractivity contribution in [2.24, 2.45) is 5.92 Å². The maximum absolute atomic E-state index is 6.14. The Morgan fingerprint density at radius 3 is 2.70 bits per heavy atom. The van der Waals surface area contributed by atoms with Gasteiger partial charge >= 0.3 is 0 Å². The Labute approximate surface area is 183 Å². The quantitative estimate of drug-likeness (QED) is 0.711. The molecule has 3 aliphatic rings. The zero-order chi connectivity index (χ0) is 20.3. The van der Waals surface area contributed by atoms with Gasteiger partial charge in [0.15, 0.2) is 11.5 Å². The van der Waals surface area contributed by atoms with Crippen LogP contribution in [0.25, 0.3) is 5.82 Å². The van der Waals surface area contributed by atoms with Crippen LogP contribution in [0.5, 0.6) is 11.5 Å². The Kier molecular flexibility index (Phi) is 5.73. The number of nitrogens with zero attached hydrogens (tertiary/aromatic N) is 3. The maximum atomic E-state index is 6.14. The molecule has 1 aromatic carbocycles. The largest absolute Gasteiger partial charge is 0.486 e. The van der Waals surface area contributed by atoms with E-state index in [4.69, 9.17) is 21.1 Å². The van der Waals surface area contributed by atoms with Crippen LogP contribution in [0.3, 0.4) is 0 Å². The summed E-state index contributed by atoms with van der Waals surface area (Å²) in [6, 6.07) is 9.73. The molecule has 0 spiro atoms. The smallest absolute Gasteiger partial charge is 0.163 e. The predicted octanol–water partition coefficient (Wildman–Crippen LogP) is 4.36. The second-order valence-corrected chi connectivity index (χ2v) is 8.77. The average Bonchev–Trinajstić information content (AvgIpc) is 3.30. The summed E-state index contributed by atoms with van der Waals surface area (Å²) in [4.78, 5) is 5.01. The van der Waals surface area contributed by atoms with E-state index >= 15 is 0 Å². The summed E-state index contributed by atoms with van der Waals surface area (Å²) < 4.78 is 14.2. The summed E-state index contributed by atoms with van der Waals surface area (Å²) in [6.45, 7) is 5.81. The Hall–Kier alpha value is -2.37. The molecule has 4 heterocycles. The topological polar surface area (TPSA) is 29.9 Å². The molecule has 3 aliphatic heterocycles. The number of piperidine rings is 1. The van der Waals surface area contributed by atoms with E-state index in [9.17, 15) is 0 Å². The average molecular weight is 426 g/mol. The standard InChI is InChI=1S/C24H28ClN3O2/c25-20-6-7-22-23(15-20)30-21(18-29-22)17-26-13-8-19(9-14-26)16-28-12-2-1-5-24(28)27-10-3-4-11-27/h1-7,10-11,15,19,21H,8-9,12-14,16-18H2. The first-order valence-corrected chi connectivity index (χ1v) is 11.2. The molecule has 2 aromatic rings. The normalized spacial score (nSPS) is 22.2. The van der Waals surface area contributed by atoms with E-state index < -0.39 is 0 Å². The van der Waals surface area contributed by atoms with Gasteiger partial charge in [0.1, 0.15) is 18.5 Å². The van der Waals surface area contributed by atoms with Crippen molar-refractivity contribution in [1.29, 1.82) is 0 Å². The molecular weight excluding hydrogens is 398 g/mol. The molecule has 0 amide bonds. The van der Waals surface area contributed by atoms with Crippen LogP contribution in [0.1, 0.15) is 12.8 Å². The number of ether oxygens (including phenoxy) is 2. The van der Waals surface area contributed by atoms with Crippen molar-refractivity contribution in [2.45, 2.75) is 18.9 Å². The third-order valence-electron chi connectivity index (χ3n) is 6.17. The minimum Gasteiger partial charge on any atom is -0.486 e. The van der Waals surface area contributed by atoms with Gasteiger partial charge in [-0.25, -0.2) is 0 Å². The minimum atomic E-state index is 0.0584. The molecule has 5 nitrogen and oxygen atoms in total. The molecule has 158 valence electrons. The number of rotatable bonds is 5. The van der Waals surface area contributed by atoms with Gasteiger partial charge in [-0.2, -0.15) is 0 Å². The van der Waals surface area contributed by atoms with Crippen LogP contribution in [0, 0.1) is 5.92 Å². The van der Waals surface area contributed by atoms with Gasteiger partial charge in [-0.05, 0) is 62.2 Å². The predicted molar refractivity (Wildman–Crippen MR) is 120 cm³/mol. The first-order chi connectivity index (χ1) is 14.7. The van der Waals surface area contributed by atoms with Crippen molar-refractivity contribution in [1.82, 2.24) is 14.4 Å². The van der Waals surface area contributed by atoms with Gasteiger partial charge < -0.3 is 18.9 Å². The van der Waals surface area contributed by atoms with E-state index in [2.05, 4.69) is 57.1 Å². The fourth-order valence-corrected chi connectivity index (χ4v) is 4.74. The SMILES string of the molecule is Clc1ccc2c(c1)OC(CN1CCC(CN3CC=CC=C3n3cccc3)CC1)CO2. The van der Waals surface area contributed by atoms with Crippen LogP contribution in [-0.2, 0) is 0 Å². The lowest BCUT2D eigenvalue weighted by Gasteiger charge is -2.38. The fourth-order valence-electron chi connectivity index (χ4n) is 4.58. The summed E-state index contributed by atoms with van der Waals surface area (Å²) in [6.07, 6.45) is 13.4. The minimum absolute atomic E-state index is 0.0584. The number of hydrogen-bond donors (Lipinski definition) is 0. The highest BCUT2D eigenvalue weighted by Gasteiger charge is 2.27. The maximum Gasteiger partial charge on any atom is 0.163 e. The number of aromatic nitrogens is 1. The highest BCUT2D eigenvalue weighted by molar-refractivity contribution is 6.30. The molecule has 1 aromatic heterocycles. The van der Waals surface area contributed by atoms with Gasteiger partial charge in [0.25, 0.3) is 0 Å². The van der Waals surface area contributed by atoms with Crippen LogP contribution in [0.2, 0.25) is 5.02 Å². The zero-order valence-electron chi connectivity index (χ0n) is 17.1. The lowest BCUT2D eigenvalue weighted by atomic mass is 9.95.